The molecule has 1 unspecified atom stereocenters. The number of aryl methyl sites for hydroxylation is 3. The summed E-state index contributed by atoms with van der Waals surface area (Å²) < 4.78 is 5.72. The average molecular weight is 339 g/mol. The number of Topliss-reactive ketones (excluding diaryl/α,β-unsaturated/α-hetero) is 1. The Bertz CT molecular complexity index is 891. The van der Waals surface area contributed by atoms with Crippen LogP contribution in [-0.4, -0.2) is 16.8 Å². The molecule has 1 aliphatic rings. The van der Waals surface area contributed by atoms with Crippen LogP contribution >= 0.6 is 0 Å². The van der Waals surface area contributed by atoms with Gasteiger partial charge in [-0.15, -0.1) is 0 Å². The van der Waals surface area contributed by atoms with Gasteiger partial charge >= 0.3 is 0 Å². The predicted octanol–water partition coefficient (Wildman–Crippen LogP) is 4.08. The molecule has 0 aliphatic carbocycles. The van der Waals surface area contributed by atoms with Crippen molar-refractivity contribution in [1.29, 1.82) is 0 Å². The lowest BCUT2D eigenvalue weighted by atomic mass is 9.99. The molecule has 0 saturated heterocycles. The molecule has 1 aromatic heterocycles. The molecule has 1 atom stereocenters. The number of carbonyl (C=O) groups excluding carboxylic acids is 2. The molecule has 0 saturated carbocycles. The number of carbonyl (C=O) groups is 2. The van der Waals surface area contributed by atoms with Crippen molar-refractivity contribution in [3.8, 4) is 0 Å². The predicted molar refractivity (Wildman–Crippen MR) is 94.5 cm³/mol. The highest BCUT2D eigenvalue weighted by atomic mass is 16.3. The average Bonchev–Trinajstić information content (AvgIpc) is 3.11. The molecule has 0 radical (unpaired) electrons. The first-order chi connectivity index (χ1) is 11.8. The van der Waals surface area contributed by atoms with E-state index in [2.05, 4.69) is 0 Å². The molecule has 2 heterocycles. The summed E-state index contributed by atoms with van der Waals surface area (Å²) in [6, 6.07) is 8.52. The van der Waals surface area contributed by atoms with Crippen LogP contribution in [0.25, 0.3) is 0 Å². The topological polar surface area (TPSA) is 70.8 Å². The SMILES string of the molecule is CCC(=O)C1=C(O)C(=O)N(c2cc(C)ccc2C)C1c1ccc(C)o1. The third-order valence-electron chi connectivity index (χ3n) is 4.48. The Balaban J connectivity index is 2.22. The van der Waals surface area contributed by atoms with Crippen molar-refractivity contribution < 1.29 is 19.1 Å². The number of amides is 1. The van der Waals surface area contributed by atoms with Gasteiger partial charge in [0.25, 0.3) is 5.91 Å². The van der Waals surface area contributed by atoms with Crippen molar-refractivity contribution in [2.45, 2.75) is 40.2 Å². The summed E-state index contributed by atoms with van der Waals surface area (Å²) >= 11 is 0. The second kappa shape index (κ2) is 6.24. The van der Waals surface area contributed by atoms with Crippen molar-refractivity contribution in [1.82, 2.24) is 0 Å². The molecule has 130 valence electrons. The zero-order chi connectivity index (χ0) is 18.3. The van der Waals surface area contributed by atoms with E-state index in [-0.39, 0.29) is 17.8 Å². The summed E-state index contributed by atoms with van der Waals surface area (Å²) in [7, 11) is 0. The minimum Gasteiger partial charge on any atom is -0.503 e. The van der Waals surface area contributed by atoms with E-state index in [0.717, 1.165) is 11.1 Å². The van der Waals surface area contributed by atoms with Gasteiger partial charge < -0.3 is 9.52 Å². The number of benzene rings is 1. The molecule has 0 bridgehead atoms. The zero-order valence-electron chi connectivity index (χ0n) is 14.8. The number of aliphatic hydroxyl groups excluding tert-OH is 1. The second-order valence-corrected chi connectivity index (χ2v) is 6.36. The molecular formula is C20H21NO4. The van der Waals surface area contributed by atoms with Crippen molar-refractivity contribution in [3.05, 3.63) is 64.3 Å². The summed E-state index contributed by atoms with van der Waals surface area (Å²) in [5.41, 5.74) is 2.63. The largest absolute Gasteiger partial charge is 0.503 e. The Morgan fingerprint density at radius 1 is 1.20 bits per heavy atom. The number of hydrogen-bond acceptors (Lipinski definition) is 4. The molecule has 25 heavy (non-hydrogen) atoms. The van der Waals surface area contributed by atoms with E-state index in [4.69, 9.17) is 4.42 Å². The highest BCUT2D eigenvalue weighted by Gasteiger charge is 2.45. The van der Waals surface area contributed by atoms with Crippen LogP contribution in [0.5, 0.6) is 0 Å². The summed E-state index contributed by atoms with van der Waals surface area (Å²) in [6.07, 6.45) is 0.198. The minimum atomic E-state index is -0.755. The van der Waals surface area contributed by atoms with E-state index >= 15 is 0 Å². The summed E-state index contributed by atoms with van der Waals surface area (Å²) in [5, 5.41) is 10.4. The molecule has 1 aliphatic heterocycles. The highest BCUT2D eigenvalue weighted by molar-refractivity contribution is 6.16. The first kappa shape index (κ1) is 17.0. The Hall–Kier alpha value is -2.82. The molecule has 0 fully saturated rings. The molecule has 5 nitrogen and oxygen atoms in total. The van der Waals surface area contributed by atoms with E-state index in [1.54, 1.807) is 26.0 Å². The van der Waals surface area contributed by atoms with E-state index in [1.165, 1.54) is 4.90 Å². The molecule has 0 spiro atoms. The number of nitrogens with zero attached hydrogens (tertiary/aromatic N) is 1. The van der Waals surface area contributed by atoms with E-state index < -0.39 is 17.7 Å². The molecular weight excluding hydrogens is 318 g/mol. The van der Waals surface area contributed by atoms with Gasteiger partial charge in [-0.3, -0.25) is 14.5 Å². The van der Waals surface area contributed by atoms with Gasteiger partial charge in [0.1, 0.15) is 17.6 Å². The molecule has 5 heteroatoms. The van der Waals surface area contributed by atoms with Crippen molar-refractivity contribution in [3.63, 3.8) is 0 Å². The van der Waals surface area contributed by atoms with Gasteiger partial charge in [-0.1, -0.05) is 19.1 Å². The summed E-state index contributed by atoms with van der Waals surface area (Å²) in [5.74, 6) is -0.195. The Labute approximate surface area is 146 Å². The van der Waals surface area contributed by atoms with Gasteiger partial charge in [0.05, 0.1) is 5.57 Å². The van der Waals surface area contributed by atoms with Gasteiger partial charge in [-0.25, -0.2) is 0 Å². The maximum atomic E-state index is 12.8. The lowest BCUT2D eigenvalue weighted by molar-refractivity contribution is -0.118. The third-order valence-corrected chi connectivity index (χ3v) is 4.48. The summed E-state index contributed by atoms with van der Waals surface area (Å²) in [4.78, 5) is 26.7. The smallest absolute Gasteiger partial charge is 0.294 e. The maximum absolute atomic E-state index is 12.8. The second-order valence-electron chi connectivity index (χ2n) is 6.36. The molecule has 1 aromatic carbocycles. The zero-order valence-corrected chi connectivity index (χ0v) is 14.8. The number of furan rings is 1. The number of rotatable bonds is 4. The monoisotopic (exact) mass is 339 g/mol. The van der Waals surface area contributed by atoms with Gasteiger partial charge in [0.2, 0.25) is 0 Å². The number of anilines is 1. The van der Waals surface area contributed by atoms with Crippen LogP contribution in [0.1, 0.15) is 42.0 Å². The van der Waals surface area contributed by atoms with Crippen LogP contribution < -0.4 is 4.90 Å². The Kier molecular flexibility index (Phi) is 4.25. The van der Waals surface area contributed by atoms with Gasteiger partial charge in [-0.2, -0.15) is 0 Å². The number of ketones is 1. The first-order valence-corrected chi connectivity index (χ1v) is 8.28. The van der Waals surface area contributed by atoms with Crippen LogP contribution in [0.3, 0.4) is 0 Å². The van der Waals surface area contributed by atoms with E-state index in [0.29, 0.717) is 17.2 Å². The van der Waals surface area contributed by atoms with Crippen LogP contribution in [-0.2, 0) is 9.59 Å². The van der Waals surface area contributed by atoms with Gasteiger partial charge in [-0.05, 0) is 50.1 Å². The van der Waals surface area contributed by atoms with Crippen molar-refractivity contribution in [2.24, 2.45) is 0 Å². The lowest BCUT2D eigenvalue weighted by Gasteiger charge is -2.26. The Morgan fingerprint density at radius 2 is 1.92 bits per heavy atom. The van der Waals surface area contributed by atoms with E-state index in [9.17, 15) is 14.7 Å². The molecule has 2 aromatic rings. The fraction of sp³-hybridized carbons (Fsp3) is 0.300. The van der Waals surface area contributed by atoms with Crippen LogP contribution in [0.4, 0.5) is 5.69 Å². The van der Waals surface area contributed by atoms with E-state index in [1.807, 2.05) is 32.0 Å². The van der Waals surface area contributed by atoms with Crippen LogP contribution in [0, 0.1) is 20.8 Å². The quantitative estimate of drug-likeness (QED) is 0.911. The molecule has 3 rings (SSSR count). The molecule has 1 N–H and O–H groups in total. The van der Waals surface area contributed by atoms with Gasteiger partial charge in [0.15, 0.2) is 11.5 Å². The normalized spacial score (nSPS) is 17.5. The Morgan fingerprint density at radius 3 is 2.52 bits per heavy atom. The van der Waals surface area contributed by atoms with Gasteiger partial charge in [0, 0.05) is 12.1 Å². The maximum Gasteiger partial charge on any atom is 0.294 e. The number of hydrogen-bond donors (Lipinski definition) is 1. The minimum absolute atomic E-state index is 0.0998. The van der Waals surface area contributed by atoms with Crippen LogP contribution in [0.2, 0.25) is 0 Å². The van der Waals surface area contributed by atoms with Crippen molar-refractivity contribution >= 4 is 17.4 Å². The fourth-order valence-corrected chi connectivity index (χ4v) is 3.18. The fourth-order valence-electron chi connectivity index (χ4n) is 3.18. The van der Waals surface area contributed by atoms with Crippen molar-refractivity contribution in [2.75, 3.05) is 4.90 Å². The molecule has 1 amide bonds. The van der Waals surface area contributed by atoms with Crippen LogP contribution in [0.15, 0.2) is 46.1 Å². The number of aliphatic hydroxyl groups is 1. The summed E-state index contributed by atoms with van der Waals surface area (Å²) in [6.45, 7) is 7.33. The standard InChI is InChI=1S/C20H21NO4/c1-5-15(22)17-18(16-9-8-13(4)25-16)21(20(24)19(17)23)14-10-11(2)6-7-12(14)3/h6-10,18,23H,5H2,1-4H3. The highest BCUT2D eigenvalue weighted by Crippen LogP contribution is 2.42. The first-order valence-electron chi connectivity index (χ1n) is 8.28. The lowest BCUT2D eigenvalue weighted by Crippen LogP contribution is -2.31. The third kappa shape index (κ3) is 2.76.